The molecule has 0 amide bonds. The van der Waals surface area contributed by atoms with E-state index in [1.54, 1.807) is 0 Å². The van der Waals surface area contributed by atoms with Gasteiger partial charge in [0, 0.05) is 17.4 Å². The summed E-state index contributed by atoms with van der Waals surface area (Å²) in [4.78, 5) is 3.81. The number of anilines is 1. The molecule has 0 fully saturated rings. The Morgan fingerprint density at radius 2 is 1.83 bits per heavy atom. The molecule has 2 rings (SSSR count). The van der Waals surface area contributed by atoms with Crippen molar-refractivity contribution >= 4 is 5.69 Å². The molecule has 0 aliphatic heterocycles. The molecule has 0 aliphatic rings. The van der Waals surface area contributed by atoms with Crippen LogP contribution in [-0.2, 0) is 6.18 Å². The maximum atomic E-state index is 12.5. The Balaban J connectivity index is 2.55. The topological polar surface area (TPSA) is 59.1 Å². The molecule has 18 heavy (non-hydrogen) atoms. The maximum absolute atomic E-state index is 12.5. The fourth-order valence-electron chi connectivity index (χ4n) is 1.51. The van der Waals surface area contributed by atoms with Crippen molar-refractivity contribution in [3.8, 4) is 17.0 Å². The Bertz CT molecular complexity index is 582. The second kappa shape index (κ2) is 4.21. The highest BCUT2D eigenvalue weighted by atomic mass is 19.4. The van der Waals surface area contributed by atoms with Crippen molar-refractivity contribution in [1.82, 2.24) is 4.98 Å². The molecular formula is C12H9F3N2O. The average molecular weight is 254 g/mol. The highest BCUT2D eigenvalue weighted by Crippen LogP contribution is 2.34. The molecule has 0 saturated heterocycles. The molecule has 3 nitrogen and oxygen atoms in total. The summed E-state index contributed by atoms with van der Waals surface area (Å²) in [5, 5.41) is 9.61. The number of phenolic OH excluding ortho intramolecular Hbond substituents is 1. The predicted molar refractivity (Wildman–Crippen MR) is 60.8 cm³/mol. The van der Waals surface area contributed by atoms with Crippen LogP contribution in [-0.4, -0.2) is 10.1 Å². The number of aromatic nitrogens is 1. The molecule has 0 saturated carbocycles. The Morgan fingerprint density at radius 1 is 1.11 bits per heavy atom. The van der Waals surface area contributed by atoms with Crippen molar-refractivity contribution in [2.24, 2.45) is 0 Å². The van der Waals surface area contributed by atoms with Crippen molar-refractivity contribution in [3.05, 3.63) is 42.1 Å². The zero-order chi connectivity index (χ0) is 13.3. The summed E-state index contributed by atoms with van der Waals surface area (Å²) in [5.74, 6) is -0.170. The van der Waals surface area contributed by atoms with Gasteiger partial charge in [0.1, 0.15) is 5.75 Å². The van der Waals surface area contributed by atoms with Crippen LogP contribution in [0.5, 0.6) is 5.75 Å². The fourth-order valence-corrected chi connectivity index (χ4v) is 1.51. The maximum Gasteiger partial charge on any atom is 0.416 e. The van der Waals surface area contributed by atoms with E-state index in [0.29, 0.717) is 5.69 Å². The summed E-state index contributed by atoms with van der Waals surface area (Å²) in [6, 6.07) is 5.87. The third kappa shape index (κ3) is 2.37. The van der Waals surface area contributed by atoms with Crippen molar-refractivity contribution in [2.75, 3.05) is 5.73 Å². The number of hydrogen-bond acceptors (Lipinski definition) is 3. The number of nitrogens with zero attached hydrogens (tertiary/aromatic N) is 1. The monoisotopic (exact) mass is 254 g/mol. The molecule has 0 radical (unpaired) electrons. The Labute approximate surface area is 101 Å². The van der Waals surface area contributed by atoms with Gasteiger partial charge in [-0.15, -0.1) is 0 Å². The van der Waals surface area contributed by atoms with Crippen molar-refractivity contribution in [1.29, 1.82) is 0 Å². The van der Waals surface area contributed by atoms with E-state index in [1.165, 1.54) is 18.2 Å². The fraction of sp³-hybridized carbons (Fsp3) is 0.0833. The van der Waals surface area contributed by atoms with Gasteiger partial charge >= 0.3 is 6.18 Å². The van der Waals surface area contributed by atoms with E-state index in [2.05, 4.69) is 4.98 Å². The van der Waals surface area contributed by atoms with E-state index in [9.17, 15) is 18.3 Å². The van der Waals surface area contributed by atoms with Gasteiger partial charge in [0.15, 0.2) is 0 Å². The molecule has 1 aromatic carbocycles. The van der Waals surface area contributed by atoms with Crippen LogP contribution >= 0.6 is 0 Å². The molecule has 0 unspecified atom stereocenters. The van der Waals surface area contributed by atoms with E-state index >= 15 is 0 Å². The molecule has 2 aromatic rings. The van der Waals surface area contributed by atoms with Crippen LogP contribution in [0, 0.1) is 0 Å². The van der Waals surface area contributed by atoms with Crippen molar-refractivity contribution in [2.45, 2.75) is 6.18 Å². The van der Waals surface area contributed by atoms with Gasteiger partial charge in [-0.1, -0.05) is 0 Å². The van der Waals surface area contributed by atoms with Gasteiger partial charge < -0.3 is 10.8 Å². The first kappa shape index (κ1) is 12.2. The number of rotatable bonds is 1. The molecule has 94 valence electrons. The van der Waals surface area contributed by atoms with Crippen molar-refractivity contribution in [3.63, 3.8) is 0 Å². The minimum atomic E-state index is -4.45. The minimum Gasteiger partial charge on any atom is -0.507 e. The van der Waals surface area contributed by atoms with Crippen LogP contribution in [0.1, 0.15) is 5.56 Å². The van der Waals surface area contributed by atoms with Gasteiger partial charge in [-0.3, -0.25) is 4.98 Å². The number of benzene rings is 1. The summed E-state index contributed by atoms with van der Waals surface area (Å²) in [5.41, 5.74) is 5.23. The lowest BCUT2D eigenvalue weighted by atomic mass is 10.1. The Morgan fingerprint density at radius 3 is 2.50 bits per heavy atom. The molecule has 0 spiro atoms. The molecule has 1 heterocycles. The second-order valence-corrected chi connectivity index (χ2v) is 3.70. The first-order valence-electron chi connectivity index (χ1n) is 5.00. The van der Waals surface area contributed by atoms with Crippen molar-refractivity contribution < 1.29 is 18.3 Å². The minimum absolute atomic E-state index is 0.0228. The van der Waals surface area contributed by atoms with Crippen LogP contribution in [0.3, 0.4) is 0 Å². The third-order valence-electron chi connectivity index (χ3n) is 2.38. The highest BCUT2D eigenvalue weighted by Gasteiger charge is 2.30. The van der Waals surface area contributed by atoms with Crippen LogP contribution in [0.4, 0.5) is 18.9 Å². The number of aromatic hydroxyl groups is 1. The molecular weight excluding hydrogens is 245 g/mol. The zero-order valence-electron chi connectivity index (χ0n) is 9.07. The smallest absolute Gasteiger partial charge is 0.416 e. The summed E-state index contributed by atoms with van der Waals surface area (Å²) in [7, 11) is 0. The second-order valence-electron chi connectivity index (χ2n) is 3.70. The molecule has 1 aromatic heterocycles. The SMILES string of the molecule is Nc1ccc(O)c(-c2cc(C(F)(F)F)ccn2)c1. The lowest BCUT2D eigenvalue weighted by Crippen LogP contribution is -2.05. The van der Waals surface area contributed by atoms with E-state index in [-0.39, 0.29) is 17.0 Å². The highest BCUT2D eigenvalue weighted by molar-refractivity contribution is 5.71. The number of nitrogens with two attached hydrogens (primary N) is 1. The van der Waals surface area contributed by atoms with Crippen LogP contribution in [0.2, 0.25) is 0 Å². The van der Waals surface area contributed by atoms with E-state index < -0.39 is 11.7 Å². The first-order valence-corrected chi connectivity index (χ1v) is 5.00. The van der Waals surface area contributed by atoms with Crippen LogP contribution in [0.25, 0.3) is 11.3 Å². The number of nitrogen functional groups attached to an aromatic ring is 1. The number of pyridine rings is 1. The molecule has 0 bridgehead atoms. The summed E-state index contributed by atoms with van der Waals surface area (Å²) >= 11 is 0. The van der Waals surface area contributed by atoms with Gasteiger partial charge in [0.05, 0.1) is 11.3 Å². The first-order chi connectivity index (χ1) is 8.38. The normalized spacial score (nSPS) is 11.5. The molecule has 0 aliphatic carbocycles. The number of halogens is 3. The third-order valence-corrected chi connectivity index (χ3v) is 2.38. The standard InChI is InChI=1S/C12H9F3N2O/c13-12(14,15)7-3-4-17-10(5-7)9-6-8(16)1-2-11(9)18/h1-6,18H,16H2. The molecule has 0 atom stereocenters. The largest absolute Gasteiger partial charge is 0.507 e. The zero-order valence-corrected chi connectivity index (χ0v) is 9.07. The quantitative estimate of drug-likeness (QED) is 0.607. The summed E-state index contributed by atoms with van der Waals surface area (Å²) in [6.45, 7) is 0. The predicted octanol–water partition coefficient (Wildman–Crippen LogP) is 3.06. The molecule has 6 heteroatoms. The van der Waals surface area contributed by atoms with E-state index in [1.807, 2.05) is 0 Å². The van der Waals surface area contributed by atoms with Gasteiger partial charge in [0.25, 0.3) is 0 Å². The van der Waals surface area contributed by atoms with Gasteiger partial charge in [-0.25, -0.2) is 0 Å². The van der Waals surface area contributed by atoms with Gasteiger partial charge in [0.2, 0.25) is 0 Å². The van der Waals surface area contributed by atoms with Gasteiger partial charge in [-0.2, -0.15) is 13.2 Å². The number of alkyl halides is 3. The summed E-state index contributed by atoms with van der Waals surface area (Å²) < 4.78 is 37.6. The Hall–Kier alpha value is -2.24. The average Bonchev–Trinajstić information content (AvgIpc) is 2.31. The summed E-state index contributed by atoms with van der Waals surface area (Å²) in [6.07, 6.45) is -3.41. The Kier molecular flexibility index (Phi) is 2.86. The van der Waals surface area contributed by atoms with Crippen LogP contribution in [0.15, 0.2) is 36.5 Å². The van der Waals surface area contributed by atoms with E-state index in [4.69, 9.17) is 5.73 Å². The number of phenols is 1. The lowest BCUT2D eigenvalue weighted by Gasteiger charge is -2.09. The van der Waals surface area contributed by atoms with Crippen LogP contribution < -0.4 is 5.73 Å². The molecule has 3 N–H and O–H groups in total. The number of hydrogen-bond donors (Lipinski definition) is 2. The lowest BCUT2D eigenvalue weighted by molar-refractivity contribution is -0.137. The van der Waals surface area contributed by atoms with Gasteiger partial charge in [-0.05, 0) is 30.3 Å². The van der Waals surface area contributed by atoms with E-state index in [0.717, 1.165) is 18.3 Å².